The van der Waals surface area contributed by atoms with Crippen molar-refractivity contribution < 1.29 is 19.2 Å². The second-order valence-corrected chi connectivity index (χ2v) is 7.67. The molecule has 2 aliphatic rings. The Morgan fingerprint density at radius 2 is 1.93 bits per heavy atom. The smallest absolute Gasteiger partial charge is 0.338 e. The predicted molar refractivity (Wildman–Crippen MR) is 104 cm³/mol. The largest absolute Gasteiger partial charge is 0.452 e. The first-order valence-corrected chi connectivity index (χ1v) is 9.95. The Morgan fingerprint density at radius 3 is 2.61 bits per heavy atom. The van der Waals surface area contributed by atoms with E-state index in [1.807, 2.05) is 4.90 Å². The fourth-order valence-corrected chi connectivity index (χ4v) is 4.02. The molecule has 2 atom stereocenters. The first-order chi connectivity index (χ1) is 13.5. The normalized spacial score (nSPS) is 22.0. The molecule has 1 aliphatic carbocycles. The Labute approximate surface area is 164 Å². The Bertz CT molecular complexity index is 745. The van der Waals surface area contributed by atoms with Crippen LogP contribution in [0.4, 0.5) is 11.4 Å². The molecular formula is C20H27N3O5. The monoisotopic (exact) mass is 389 g/mol. The van der Waals surface area contributed by atoms with Crippen LogP contribution in [0.2, 0.25) is 0 Å². The van der Waals surface area contributed by atoms with Gasteiger partial charge in [0.05, 0.1) is 10.5 Å². The van der Waals surface area contributed by atoms with Crippen LogP contribution in [0.15, 0.2) is 18.2 Å². The molecular weight excluding hydrogens is 362 g/mol. The van der Waals surface area contributed by atoms with Crippen LogP contribution in [0.1, 0.15) is 55.8 Å². The summed E-state index contributed by atoms with van der Waals surface area (Å²) in [6, 6.07) is 4.45. The molecule has 0 bridgehead atoms. The number of amides is 1. The van der Waals surface area contributed by atoms with Gasteiger partial charge in [0.25, 0.3) is 11.6 Å². The molecule has 0 unspecified atom stereocenters. The van der Waals surface area contributed by atoms with Crippen molar-refractivity contribution in [2.75, 3.05) is 24.6 Å². The number of carbonyl (C=O) groups is 2. The maximum absolute atomic E-state index is 12.3. The topological polar surface area (TPSA) is 102 Å². The lowest BCUT2D eigenvalue weighted by molar-refractivity contribution is -0.384. The number of esters is 1. The number of nitrogens with one attached hydrogen (secondary N) is 1. The van der Waals surface area contributed by atoms with Crippen LogP contribution < -0.4 is 10.2 Å². The number of nitro benzene ring substituents is 1. The summed E-state index contributed by atoms with van der Waals surface area (Å²) in [7, 11) is 0. The van der Waals surface area contributed by atoms with E-state index >= 15 is 0 Å². The van der Waals surface area contributed by atoms with E-state index in [1.54, 1.807) is 6.07 Å². The van der Waals surface area contributed by atoms with Crippen LogP contribution in [-0.2, 0) is 9.53 Å². The zero-order valence-corrected chi connectivity index (χ0v) is 16.2. The number of anilines is 1. The Hall–Kier alpha value is -2.64. The molecule has 8 heteroatoms. The van der Waals surface area contributed by atoms with E-state index in [0.29, 0.717) is 11.6 Å². The first-order valence-electron chi connectivity index (χ1n) is 9.95. The lowest BCUT2D eigenvalue weighted by Crippen LogP contribution is -2.42. The van der Waals surface area contributed by atoms with Crippen molar-refractivity contribution in [2.24, 2.45) is 5.92 Å². The minimum absolute atomic E-state index is 0.0773. The van der Waals surface area contributed by atoms with Crippen LogP contribution in [0.3, 0.4) is 0 Å². The number of rotatable bonds is 6. The van der Waals surface area contributed by atoms with Gasteiger partial charge in [-0.2, -0.15) is 0 Å². The molecule has 1 heterocycles. The summed E-state index contributed by atoms with van der Waals surface area (Å²) in [6.45, 7) is 3.26. The van der Waals surface area contributed by atoms with E-state index in [9.17, 15) is 19.7 Å². The van der Waals surface area contributed by atoms with Crippen molar-refractivity contribution in [3.63, 3.8) is 0 Å². The van der Waals surface area contributed by atoms with E-state index in [4.69, 9.17) is 4.74 Å². The Kier molecular flexibility index (Phi) is 6.49. The molecule has 1 aromatic carbocycles. The molecule has 0 radical (unpaired) electrons. The minimum Gasteiger partial charge on any atom is -0.452 e. The minimum atomic E-state index is -0.733. The lowest BCUT2D eigenvalue weighted by atomic mass is 9.86. The van der Waals surface area contributed by atoms with Gasteiger partial charge in [0.1, 0.15) is 5.69 Å². The van der Waals surface area contributed by atoms with E-state index in [0.717, 1.165) is 45.2 Å². The molecule has 0 spiro atoms. The number of nitrogens with zero attached hydrogens (tertiary/aromatic N) is 2. The highest BCUT2D eigenvalue weighted by atomic mass is 16.6. The van der Waals surface area contributed by atoms with Crippen LogP contribution >= 0.6 is 0 Å². The Balaban J connectivity index is 1.59. The molecule has 1 aliphatic heterocycles. The van der Waals surface area contributed by atoms with E-state index < -0.39 is 10.9 Å². The summed E-state index contributed by atoms with van der Waals surface area (Å²) in [5.41, 5.74) is 0.480. The average molecular weight is 389 g/mol. The summed E-state index contributed by atoms with van der Waals surface area (Å²) in [4.78, 5) is 37.3. The van der Waals surface area contributed by atoms with Gasteiger partial charge in [0.2, 0.25) is 0 Å². The molecule has 2 fully saturated rings. The van der Waals surface area contributed by atoms with Crippen LogP contribution in [0.5, 0.6) is 0 Å². The molecule has 1 N–H and O–H groups in total. The summed E-state index contributed by atoms with van der Waals surface area (Å²) in [5.74, 6) is -0.660. The third-order valence-electron chi connectivity index (χ3n) is 5.65. The van der Waals surface area contributed by atoms with Gasteiger partial charge in [-0.3, -0.25) is 14.9 Å². The van der Waals surface area contributed by atoms with Gasteiger partial charge >= 0.3 is 5.97 Å². The first kappa shape index (κ1) is 20.1. The quantitative estimate of drug-likeness (QED) is 0.456. The second kappa shape index (κ2) is 9.03. The fraction of sp³-hybridized carbons (Fsp3) is 0.600. The summed E-state index contributed by atoms with van der Waals surface area (Å²) in [6.07, 6.45) is 6.27. The number of hydrogen-bond donors (Lipinski definition) is 1. The average Bonchev–Trinajstić information content (AvgIpc) is 3.22. The maximum Gasteiger partial charge on any atom is 0.338 e. The summed E-state index contributed by atoms with van der Waals surface area (Å²) < 4.78 is 5.08. The highest BCUT2D eigenvalue weighted by Gasteiger charge is 2.25. The van der Waals surface area contributed by atoms with Crippen molar-refractivity contribution in [1.29, 1.82) is 0 Å². The van der Waals surface area contributed by atoms with Gasteiger partial charge < -0.3 is 15.0 Å². The molecule has 1 amide bonds. The standard InChI is InChI=1S/C20H27N3O5/c1-14-6-2-3-7-16(14)21-19(24)13-28-20(25)15-8-9-17(18(12-15)23(26)27)22-10-4-5-11-22/h8-9,12,14,16H,2-7,10-11,13H2,1H3,(H,21,24)/t14-,16-/m0/s1. The number of nitro groups is 1. The molecule has 8 nitrogen and oxygen atoms in total. The number of ether oxygens (including phenoxy) is 1. The van der Waals surface area contributed by atoms with Gasteiger partial charge in [0.15, 0.2) is 6.61 Å². The van der Waals surface area contributed by atoms with Gasteiger partial charge in [0, 0.05) is 25.2 Å². The Morgan fingerprint density at radius 1 is 1.21 bits per heavy atom. The van der Waals surface area contributed by atoms with E-state index in [2.05, 4.69) is 12.2 Å². The number of benzene rings is 1. The van der Waals surface area contributed by atoms with Crippen molar-refractivity contribution in [3.05, 3.63) is 33.9 Å². The SMILES string of the molecule is C[C@H]1CCCC[C@@H]1NC(=O)COC(=O)c1ccc(N2CCCC2)c([N+](=O)[O-])c1. The van der Waals surface area contributed by atoms with Gasteiger partial charge in [-0.15, -0.1) is 0 Å². The van der Waals surface area contributed by atoms with Crippen molar-refractivity contribution in [3.8, 4) is 0 Å². The van der Waals surface area contributed by atoms with Crippen molar-refractivity contribution in [1.82, 2.24) is 5.32 Å². The highest BCUT2D eigenvalue weighted by Crippen LogP contribution is 2.31. The molecule has 1 aromatic rings. The highest BCUT2D eigenvalue weighted by molar-refractivity contribution is 5.93. The number of hydrogen-bond acceptors (Lipinski definition) is 6. The summed E-state index contributed by atoms with van der Waals surface area (Å²) in [5, 5.41) is 14.4. The van der Waals surface area contributed by atoms with E-state index in [-0.39, 0.29) is 29.8 Å². The molecule has 1 saturated heterocycles. The molecule has 152 valence electrons. The third kappa shape index (κ3) is 4.79. The number of carbonyl (C=O) groups excluding carboxylic acids is 2. The van der Waals surface area contributed by atoms with Gasteiger partial charge in [-0.05, 0) is 43.7 Å². The van der Waals surface area contributed by atoms with Crippen LogP contribution in [0, 0.1) is 16.0 Å². The fourth-order valence-electron chi connectivity index (χ4n) is 4.02. The second-order valence-electron chi connectivity index (χ2n) is 7.67. The molecule has 0 aromatic heterocycles. The third-order valence-corrected chi connectivity index (χ3v) is 5.65. The van der Waals surface area contributed by atoms with Gasteiger partial charge in [-0.25, -0.2) is 4.79 Å². The van der Waals surface area contributed by atoms with Crippen molar-refractivity contribution >= 4 is 23.3 Å². The molecule has 1 saturated carbocycles. The lowest BCUT2D eigenvalue weighted by Gasteiger charge is -2.29. The summed E-state index contributed by atoms with van der Waals surface area (Å²) >= 11 is 0. The maximum atomic E-state index is 12.3. The predicted octanol–water partition coefficient (Wildman–Crippen LogP) is 3.05. The zero-order valence-electron chi connectivity index (χ0n) is 16.2. The van der Waals surface area contributed by atoms with Gasteiger partial charge in [-0.1, -0.05) is 19.8 Å². The van der Waals surface area contributed by atoms with Crippen LogP contribution in [0.25, 0.3) is 0 Å². The molecule has 28 heavy (non-hydrogen) atoms. The zero-order chi connectivity index (χ0) is 20.1. The van der Waals surface area contributed by atoms with Crippen LogP contribution in [-0.4, -0.2) is 42.5 Å². The molecule has 3 rings (SSSR count). The van der Waals surface area contributed by atoms with E-state index in [1.165, 1.54) is 18.6 Å². The van der Waals surface area contributed by atoms with Crippen molar-refractivity contribution in [2.45, 2.75) is 51.5 Å².